The van der Waals surface area contributed by atoms with Crippen LogP contribution in [-0.2, 0) is 9.47 Å². The first kappa shape index (κ1) is 12.4. The van der Waals surface area contributed by atoms with Gasteiger partial charge < -0.3 is 14.7 Å². The summed E-state index contributed by atoms with van der Waals surface area (Å²) < 4.78 is 10.6. The molecule has 0 spiro atoms. The van der Waals surface area contributed by atoms with Gasteiger partial charge in [0.25, 0.3) is 0 Å². The Balaban J connectivity index is 2.38. The van der Waals surface area contributed by atoms with Gasteiger partial charge >= 0.3 is 5.97 Å². The molecule has 5 nitrogen and oxygen atoms in total. The summed E-state index contributed by atoms with van der Waals surface area (Å²) in [4.78, 5) is 11.5. The summed E-state index contributed by atoms with van der Waals surface area (Å²) >= 11 is 0. The van der Waals surface area contributed by atoms with Crippen LogP contribution in [0.1, 0.15) is 23.7 Å². The molecule has 0 aliphatic carbocycles. The van der Waals surface area contributed by atoms with Crippen LogP contribution in [0.5, 0.6) is 0 Å². The van der Waals surface area contributed by atoms with Gasteiger partial charge in [0.05, 0.1) is 18.3 Å². The van der Waals surface area contributed by atoms with Crippen molar-refractivity contribution < 1.29 is 19.0 Å². The van der Waals surface area contributed by atoms with E-state index in [2.05, 4.69) is 0 Å². The summed E-state index contributed by atoms with van der Waals surface area (Å²) in [6, 6.07) is 2.85. The fraction of sp³-hybridized carbons (Fsp3) is 0.455. The molecule has 0 aromatic carbocycles. The van der Waals surface area contributed by atoms with Gasteiger partial charge in [0, 0.05) is 25.7 Å². The number of ether oxygens (including phenoxy) is 2. The van der Waals surface area contributed by atoms with E-state index in [1.807, 2.05) is 6.92 Å². The molecule has 16 heavy (non-hydrogen) atoms. The maximum absolute atomic E-state index is 11.5. The van der Waals surface area contributed by atoms with Gasteiger partial charge in [0.15, 0.2) is 12.4 Å². The van der Waals surface area contributed by atoms with Gasteiger partial charge in [-0.15, -0.1) is 0 Å². The Kier molecular flexibility index (Phi) is 4.72. The molecule has 5 heteroatoms. The lowest BCUT2D eigenvalue weighted by atomic mass is 10.3. The molecule has 0 fully saturated rings. The Hall–Kier alpha value is -1.62. The molecule has 0 aliphatic heterocycles. The van der Waals surface area contributed by atoms with Crippen LogP contribution in [-0.4, -0.2) is 25.8 Å². The van der Waals surface area contributed by atoms with E-state index in [0.29, 0.717) is 23.3 Å². The van der Waals surface area contributed by atoms with Crippen molar-refractivity contribution in [2.45, 2.75) is 19.4 Å². The predicted octanol–water partition coefficient (Wildman–Crippen LogP) is 0.902. The molecule has 0 radical (unpaired) electrons. The molecule has 0 bridgehead atoms. The third kappa shape index (κ3) is 3.86. The predicted molar refractivity (Wildman–Crippen MR) is 56.8 cm³/mol. The van der Waals surface area contributed by atoms with Crippen LogP contribution < -0.4 is 4.73 Å². The highest BCUT2D eigenvalue weighted by Gasteiger charge is 2.08. The van der Waals surface area contributed by atoms with Crippen molar-refractivity contribution in [2.75, 3.05) is 13.7 Å². The molecule has 0 saturated heterocycles. The molecular weight excluding hydrogens is 210 g/mol. The van der Waals surface area contributed by atoms with Gasteiger partial charge in [-0.25, -0.2) is 4.79 Å². The standard InChI is InChI=1S/C11H15NO4/c1-9(15-2)5-8-16-11(13)10-3-6-12(14)7-4-10/h3-4,6-7,9H,5,8H2,1-2H3/t9-/m0/s1. The van der Waals surface area contributed by atoms with E-state index in [-0.39, 0.29) is 6.10 Å². The van der Waals surface area contributed by atoms with E-state index in [1.165, 1.54) is 24.5 Å². The highest BCUT2D eigenvalue weighted by atomic mass is 16.5. The van der Waals surface area contributed by atoms with Crippen molar-refractivity contribution in [2.24, 2.45) is 0 Å². The van der Waals surface area contributed by atoms with Crippen LogP contribution in [0, 0.1) is 5.21 Å². The molecule has 1 atom stereocenters. The number of carbonyl (C=O) groups excluding carboxylic acids is 1. The number of hydrogen-bond acceptors (Lipinski definition) is 4. The molecule has 0 amide bonds. The SMILES string of the molecule is CO[C@@H](C)CCOC(=O)c1cc[n+]([O-])cc1. The first-order chi connectivity index (χ1) is 7.63. The molecule has 0 unspecified atom stereocenters. The second-order valence-corrected chi connectivity index (χ2v) is 3.42. The van der Waals surface area contributed by atoms with Gasteiger partial charge in [0.1, 0.15) is 0 Å². The van der Waals surface area contributed by atoms with Crippen LogP contribution in [0.15, 0.2) is 24.5 Å². The number of pyridine rings is 1. The fourth-order valence-corrected chi connectivity index (χ4v) is 1.07. The minimum absolute atomic E-state index is 0.0624. The topological polar surface area (TPSA) is 62.5 Å². The van der Waals surface area contributed by atoms with E-state index < -0.39 is 5.97 Å². The maximum Gasteiger partial charge on any atom is 0.338 e. The zero-order valence-corrected chi connectivity index (χ0v) is 9.38. The van der Waals surface area contributed by atoms with E-state index in [0.717, 1.165) is 0 Å². The number of rotatable bonds is 5. The normalized spacial score (nSPS) is 12.1. The van der Waals surface area contributed by atoms with E-state index >= 15 is 0 Å². The van der Waals surface area contributed by atoms with E-state index in [9.17, 15) is 10.0 Å². The average molecular weight is 225 g/mol. The van der Waals surface area contributed by atoms with Gasteiger partial charge in [-0.3, -0.25) is 0 Å². The maximum atomic E-state index is 11.5. The van der Waals surface area contributed by atoms with Crippen molar-refractivity contribution >= 4 is 5.97 Å². The summed E-state index contributed by atoms with van der Waals surface area (Å²) in [5, 5.41) is 10.7. The molecule has 88 valence electrons. The second kappa shape index (κ2) is 6.07. The first-order valence-electron chi connectivity index (χ1n) is 5.02. The Bertz CT molecular complexity index is 336. The number of aromatic nitrogens is 1. The quantitative estimate of drug-likeness (QED) is 0.424. The van der Waals surface area contributed by atoms with Crippen molar-refractivity contribution in [3.8, 4) is 0 Å². The molecule has 0 N–H and O–H groups in total. The van der Waals surface area contributed by atoms with Crippen LogP contribution in [0.25, 0.3) is 0 Å². The second-order valence-electron chi connectivity index (χ2n) is 3.42. The Morgan fingerprint density at radius 2 is 2.12 bits per heavy atom. The van der Waals surface area contributed by atoms with Gasteiger partial charge in [-0.05, 0) is 6.92 Å². The summed E-state index contributed by atoms with van der Waals surface area (Å²) in [5.41, 5.74) is 0.372. The molecule has 1 aromatic heterocycles. The van der Waals surface area contributed by atoms with Crippen molar-refractivity contribution in [3.05, 3.63) is 35.3 Å². The Labute approximate surface area is 94.2 Å². The molecule has 1 aromatic rings. The minimum Gasteiger partial charge on any atom is -0.619 e. The highest BCUT2D eigenvalue weighted by molar-refractivity contribution is 5.88. The molecule has 1 heterocycles. The summed E-state index contributed by atoms with van der Waals surface area (Å²) in [7, 11) is 1.61. The third-order valence-electron chi connectivity index (χ3n) is 2.20. The van der Waals surface area contributed by atoms with Gasteiger partial charge in [-0.1, -0.05) is 0 Å². The largest absolute Gasteiger partial charge is 0.619 e. The summed E-state index contributed by atoms with van der Waals surface area (Å²) in [6.07, 6.45) is 3.23. The van der Waals surface area contributed by atoms with Crippen molar-refractivity contribution in [1.29, 1.82) is 0 Å². The van der Waals surface area contributed by atoms with Crippen LogP contribution in [0.3, 0.4) is 0 Å². The van der Waals surface area contributed by atoms with Crippen molar-refractivity contribution in [1.82, 2.24) is 0 Å². The first-order valence-corrected chi connectivity index (χ1v) is 5.02. The van der Waals surface area contributed by atoms with E-state index in [4.69, 9.17) is 9.47 Å². The monoisotopic (exact) mass is 225 g/mol. The van der Waals surface area contributed by atoms with Crippen LogP contribution >= 0.6 is 0 Å². The molecule has 0 aliphatic rings. The number of nitrogens with zero attached hydrogens (tertiary/aromatic N) is 1. The van der Waals surface area contributed by atoms with Gasteiger partial charge in [0.2, 0.25) is 0 Å². The Morgan fingerprint density at radius 3 is 2.69 bits per heavy atom. The number of methoxy groups -OCH3 is 1. The molecular formula is C11H15NO4. The molecule has 0 saturated carbocycles. The van der Waals surface area contributed by atoms with Crippen LogP contribution in [0.2, 0.25) is 0 Å². The minimum atomic E-state index is -0.427. The van der Waals surface area contributed by atoms with Gasteiger partial charge in [-0.2, -0.15) is 4.73 Å². The Morgan fingerprint density at radius 1 is 1.50 bits per heavy atom. The number of esters is 1. The smallest absolute Gasteiger partial charge is 0.338 e. The van der Waals surface area contributed by atoms with E-state index in [1.54, 1.807) is 7.11 Å². The summed E-state index contributed by atoms with van der Waals surface area (Å²) in [6.45, 7) is 2.21. The number of carbonyl (C=O) groups is 1. The lowest BCUT2D eigenvalue weighted by molar-refractivity contribution is -0.605. The zero-order valence-electron chi connectivity index (χ0n) is 9.38. The third-order valence-corrected chi connectivity index (χ3v) is 2.20. The zero-order chi connectivity index (χ0) is 12.0. The lowest BCUT2D eigenvalue weighted by Gasteiger charge is -2.09. The lowest BCUT2D eigenvalue weighted by Crippen LogP contribution is -2.24. The fourth-order valence-electron chi connectivity index (χ4n) is 1.07. The highest BCUT2D eigenvalue weighted by Crippen LogP contribution is 2.01. The van der Waals surface area contributed by atoms with Crippen molar-refractivity contribution in [3.63, 3.8) is 0 Å². The number of hydrogen-bond donors (Lipinski definition) is 0. The molecule has 1 rings (SSSR count). The van der Waals surface area contributed by atoms with Crippen LogP contribution in [0.4, 0.5) is 0 Å². The average Bonchev–Trinajstić information content (AvgIpc) is 2.29. The summed E-state index contributed by atoms with van der Waals surface area (Å²) in [5.74, 6) is -0.427.